The van der Waals surface area contributed by atoms with Crippen LogP contribution >= 0.6 is 11.3 Å². The number of aromatic nitrogens is 1. The maximum Gasteiger partial charge on any atom is 0.167 e. The monoisotopic (exact) mass is 193 g/mol. The lowest BCUT2D eigenvalue weighted by Crippen LogP contribution is -1.77. The maximum atomic E-state index is 9.49. The predicted molar refractivity (Wildman–Crippen MR) is 50.9 cm³/mol. The molecule has 0 bridgehead atoms. The first-order valence-corrected chi connectivity index (χ1v) is 4.58. The molecule has 0 spiro atoms. The first-order chi connectivity index (χ1) is 6.29. The number of aromatic hydroxyl groups is 2. The molecule has 1 aromatic heterocycles. The Morgan fingerprint density at radius 2 is 2.08 bits per heavy atom. The molecule has 4 heteroatoms. The fraction of sp³-hybridized carbons (Fsp3) is 0. The van der Waals surface area contributed by atoms with Crippen LogP contribution in [0.25, 0.3) is 10.6 Å². The molecule has 0 fully saturated rings. The van der Waals surface area contributed by atoms with Crippen LogP contribution in [0.4, 0.5) is 0 Å². The van der Waals surface area contributed by atoms with E-state index < -0.39 is 0 Å². The standard InChI is InChI=1S/C9H7NO2S/c11-7-3-1-2-6(8(7)12)9-10-4-5-13-9/h1-5,11-12H. The molecular formula is C9H7NO2S. The third kappa shape index (κ3) is 1.36. The summed E-state index contributed by atoms with van der Waals surface area (Å²) in [6.45, 7) is 0. The number of phenolic OH excluding ortho intramolecular Hbond substituents is 2. The molecule has 0 aliphatic carbocycles. The van der Waals surface area contributed by atoms with E-state index in [0.717, 1.165) is 0 Å². The highest BCUT2D eigenvalue weighted by Gasteiger charge is 2.09. The van der Waals surface area contributed by atoms with Crippen molar-refractivity contribution in [1.82, 2.24) is 4.98 Å². The van der Waals surface area contributed by atoms with Gasteiger partial charge in [0.15, 0.2) is 11.5 Å². The zero-order chi connectivity index (χ0) is 9.26. The number of rotatable bonds is 1. The second-order valence-corrected chi connectivity index (χ2v) is 3.41. The van der Waals surface area contributed by atoms with E-state index in [2.05, 4.69) is 4.98 Å². The highest BCUT2D eigenvalue weighted by molar-refractivity contribution is 7.13. The van der Waals surface area contributed by atoms with Gasteiger partial charge in [0.05, 0.1) is 5.56 Å². The fourth-order valence-corrected chi connectivity index (χ4v) is 1.72. The van der Waals surface area contributed by atoms with E-state index in [1.807, 2.05) is 5.38 Å². The number of benzene rings is 1. The number of hydrogen-bond donors (Lipinski definition) is 2. The smallest absolute Gasteiger partial charge is 0.167 e. The Balaban J connectivity index is 2.59. The largest absolute Gasteiger partial charge is 0.504 e. The molecule has 0 unspecified atom stereocenters. The number of phenols is 2. The van der Waals surface area contributed by atoms with Gasteiger partial charge in [-0.25, -0.2) is 4.98 Å². The van der Waals surface area contributed by atoms with E-state index in [9.17, 15) is 10.2 Å². The van der Waals surface area contributed by atoms with Crippen molar-refractivity contribution in [2.75, 3.05) is 0 Å². The summed E-state index contributed by atoms with van der Waals surface area (Å²) < 4.78 is 0. The van der Waals surface area contributed by atoms with Crippen LogP contribution in [0.3, 0.4) is 0 Å². The molecule has 0 atom stereocenters. The molecule has 0 aliphatic heterocycles. The van der Waals surface area contributed by atoms with Crippen molar-refractivity contribution in [3.05, 3.63) is 29.8 Å². The highest BCUT2D eigenvalue weighted by Crippen LogP contribution is 2.36. The summed E-state index contributed by atoms with van der Waals surface area (Å²) in [5, 5.41) is 21.2. The van der Waals surface area contributed by atoms with Crippen LogP contribution in [0, 0.1) is 0 Å². The zero-order valence-corrected chi connectivity index (χ0v) is 7.45. The number of nitrogens with zero attached hydrogens (tertiary/aromatic N) is 1. The summed E-state index contributed by atoms with van der Waals surface area (Å²) in [6.07, 6.45) is 1.66. The van der Waals surface area contributed by atoms with Crippen molar-refractivity contribution < 1.29 is 10.2 Å². The lowest BCUT2D eigenvalue weighted by atomic mass is 10.2. The molecule has 0 saturated carbocycles. The summed E-state index contributed by atoms with van der Waals surface area (Å²) in [5.74, 6) is -0.231. The van der Waals surface area contributed by atoms with Crippen molar-refractivity contribution in [3.8, 4) is 22.1 Å². The molecule has 0 radical (unpaired) electrons. The lowest BCUT2D eigenvalue weighted by molar-refractivity contribution is 0.405. The van der Waals surface area contributed by atoms with E-state index in [0.29, 0.717) is 10.6 Å². The summed E-state index contributed by atoms with van der Waals surface area (Å²) >= 11 is 1.42. The first-order valence-electron chi connectivity index (χ1n) is 3.70. The summed E-state index contributed by atoms with van der Waals surface area (Å²) in [5.41, 5.74) is 0.565. The Morgan fingerprint density at radius 3 is 2.77 bits per heavy atom. The van der Waals surface area contributed by atoms with E-state index in [4.69, 9.17) is 0 Å². The van der Waals surface area contributed by atoms with Crippen LogP contribution in [0.1, 0.15) is 0 Å². The van der Waals surface area contributed by atoms with Gasteiger partial charge < -0.3 is 10.2 Å². The van der Waals surface area contributed by atoms with Crippen LogP contribution in [0.5, 0.6) is 11.5 Å². The van der Waals surface area contributed by atoms with Gasteiger partial charge in [0, 0.05) is 11.6 Å². The summed E-state index contributed by atoms with van der Waals surface area (Å²) in [6, 6.07) is 4.83. The molecule has 13 heavy (non-hydrogen) atoms. The molecular weight excluding hydrogens is 186 g/mol. The fourth-order valence-electron chi connectivity index (χ4n) is 1.06. The Labute approximate surface area is 78.9 Å². The summed E-state index contributed by atoms with van der Waals surface area (Å²) in [7, 11) is 0. The third-order valence-corrected chi connectivity index (χ3v) is 2.48. The molecule has 0 saturated heterocycles. The molecule has 0 aliphatic rings. The van der Waals surface area contributed by atoms with Gasteiger partial charge in [0.25, 0.3) is 0 Å². The topological polar surface area (TPSA) is 53.4 Å². The minimum Gasteiger partial charge on any atom is -0.504 e. The van der Waals surface area contributed by atoms with E-state index in [1.54, 1.807) is 18.3 Å². The average molecular weight is 193 g/mol. The Hall–Kier alpha value is -1.55. The van der Waals surface area contributed by atoms with Gasteiger partial charge in [-0.15, -0.1) is 11.3 Å². The minimum absolute atomic E-state index is 0.113. The van der Waals surface area contributed by atoms with E-state index in [-0.39, 0.29) is 11.5 Å². The van der Waals surface area contributed by atoms with Crippen molar-refractivity contribution in [2.45, 2.75) is 0 Å². The molecule has 0 amide bonds. The van der Waals surface area contributed by atoms with Crippen LogP contribution in [-0.2, 0) is 0 Å². The lowest BCUT2D eigenvalue weighted by Gasteiger charge is -2.01. The van der Waals surface area contributed by atoms with Gasteiger partial charge in [-0.2, -0.15) is 0 Å². The van der Waals surface area contributed by atoms with Crippen LogP contribution in [0.2, 0.25) is 0 Å². The van der Waals surface area contributed by atoms with E-state index >= 15 is 0 Å². The zero-order valence-electron chi connectivity index (χ0n) is 6.64. The molecule has 2 aromatic rings. The van der Waals surface area contributed by atoms with Gasteiger partial charge in [-0.1, -0.05) is 6.07 Å². The number of hydrogen-bond acceptors (Lipinski definition) is 4. The number of thiazole rings is 1. The van der Waals surface area contributed by atoms with Gasteiger partial charge in [-0.05, 0) is 12.1 Å². The molecule has 2 N–H and O–H groups in total. The van der Waals surface area contributed by atoms with Gasteiger partial charge in [0.2, 0.25) is 0 Å². The molecule has 1 aromatic carbocycles. The van der Waals surface area contributed by atoms with Crippen molar-refractivity contribution in [1.29, 1.82) is 0 Å². The van der Waals surface area contributed by atoms with Crippen molar-refractivity contribution in [3.63, 3.8) is 0 Å². The third-order valence-electron chi connectivity index (χ3n) is 1.68. The Morgan fingerprint density at radius 1 is 1.23 bits per heavy atom. The minimum atomic E-state index is -0.118. The van der Waals surface area contributed by atoms with Crippen LogP contribution in [0.15, 0.2) is 29.8 Å². The van der Waals surface area contributed by atoms with Gasteiger partial charge >= 0.3 is 0 Å². The Bertz CT molecular complexity index is 412. The SMILES string of the molecule is Oc1cccc(-c2nccs2)c1O. The Kier molecular flexibility index (Phi) is 1.90. The summed E-state index contributed by atoms with van der Waals surface area (Å²) in [4.78, 5) is 4.04. The normalized spacial score (nSPS) is 10.2. The quantitative estimate of drug-likeness (QED) is 0.683. The van der Waals surface area contributed by atoms with E-state index in [1.165, 1.54) is 17.4 Å². The highest BCUT2D eigenvalue weighted by atomic mass is 32.1. The second-order valence-electron chi connectivity index (χ2n) is 2.51. The first kappa shape index (κ1) is 8.07. The molecule has 1 heterocycles. The van der Waals surface area contributed by atoms with Crippen LogP contribution < -0.4 is 0 Å². The second kappa shape index (κ2) is 3.06. The number of para-hydroxylation sites is 1. The van der Waals surface area contributed by atoms with Crippen molar-refractivity contribution in [2.24, 2.45) is 0 Å². The van der Waals surface area contributed by atoms with Gasteiger partial charge in [-0.3, -0.25) is 0 Å². The van der Waals surface area contributed by atoms with Crippen LogP contribution in [-0.4, -0.2) is 15.2 Å². The molecule has 2 rings (SSSR count). The molecule has 3 nitrogen and oxygen atoms in total. The predicted octanol–water partition coefficient (Wildman–Crippen LogP) is 2.22. The molecule has 66 valence electrons. The van der Waals surface area contributed by atoms with Gasteiger partial charge in [0.1, 0.15) is 5.01 Å². The van der Waals surface area contributed by atoms with Crippen molar-refractivity contribution >= 4 is 11.3 Å². The maximum absolute atomic E-state index is 9.49. The average Bonchev–Trinajstić information content (AvgIpc) is 2.62.